The highest BCUT2D eigenvalue weighted by atomic mass is 19.1. The van der Waals surface area contributed by atoms with Gasteiger partial charge < -0.3 is 10.4 Å². The van der Waals surface area contributed by atoms with Crippen molar-refractivity contribution in [2.75, 3.05) is 11.9 Å². The number of anilines is 1. The second kappa shape index (κ2) is 6.13. The van der Waals surface area contributed by atoms with E-state index in [-0.39, 0.29) is 5.56 Å². The van der Waals surface area contributed by atoms with Gasteiger partial charge in [-0.25, -0.2) is 17.6 Å². The number of rotatable bonds is 4. The lowest BCUT2D eigenvalue weighted by Crippen LogP contribution is -2.16. The summed E-state index contributed by atoms with van der Waals surface area (Å²) in [6, 6.07) is 5.48. The van der Waals surface area contributed by atoms with Crippen molar-refractivity contribution in [3.05, 3.63) is 64.7 Å². The van der Waals surface area contributed by atoms with Crippen LogP contribution in [0.5, 0.6) is 0 Å². The molecule has 0 bridgehead atoms. The zero-order chi connectivity index (χ0) is 15.6. The Kier molecular flexibility index (Phi) is 4.47. The van der Waals surface area contributed by atoms with Gasteiger partial charge in [-0.3, -0.25) is 0 Å². The molecule has 0 radical (unpaired) electrons. The van der Waals surface area contributed by atoms with Crippen LogP contribution in [0.2, 0.25) is 0 Å². The molecule has 0 heterocycles. The Morgan fingerprint density at radius 2 is 1.62 bits per heavy atom. The summed E-state index contributed by atoms with van der Waals surface area (Å²) in [5.74, 6) is -3.50. The summed E-state index contributed by atoms with van der Waals surface area (Å²) in [5.41, 5.74) is -0.769. The summed E-state index contributed by atoms with van der Waals surface area (Å²) in [6.45, 7) is 1.02. The summed E-state index contributed by atoms with van der Waals surface area (Å²) in [6.07, 6.45) is -1.58. The number of nitrogens with one attached hydrogen (secondary N) is 1. The van der Waals surface area contributed by atoms with Crippen molar-refractivity contribution in [1.82, 2.24) is 0 Å². The fourth-order valence-electron chi connectivity index (χ4n) is 1.95. The second-order valence-corrected chi connectivity index (χ2v) is 4.59. The normalized spacial score (nSPS) is 12.3. The Labute approximate surface area is 119 Å². The van der Waals surface area contributed by atoms with E-state index >= 15 is 0 Å². The average molecular weight is 299 g/mol. The van der Waals surface area contributed by atoms with E-state index in [1.54, 1.807) is 0 Å². The molecule has 0 aliphatic rings. The Balaban J connectivity index is 2.19. The van der Waals surface area contributed by atoms with Crippen LogP contribution in [0.25, 0.3) is 0 Å². The molecule has 0 aliphatic carbocycles. The highest BCUT2D eigenvalue weighted by Crippen LogP contribution is 2.24. The predicted molar refractivity (Wildman–Crippen MR) is 70.9 cm³/mol. The third-order valence-electron chi connectivity index (χ3n) is 3.09. The molecular formula is C15H13F4NO. The summed E-state index contributed by atoms with van der Waals surface area (Å²) in [7, 11) is 0. The first kappa shape index (κ1) is 15.3. The number of benzene rings is 2. The Hall–Kier alpha value is -2.08. The summed E-state index contributed by atoms with van der Waals surface area (Å²) < 4.78 is 54.2. The summed E-state index contributed by atoms with van der Waals surface area (Å²) in [4.78, 5) is 0. The Bertz CT molecular complexity index is 640. The van der Waals surface area contributed by atoms with Gasteiger partial charge in [0.1, 0.15) is 29.2 Å². The maximum Gasteiger partial charge on any atom is 0.152 e. The van der Waals surface area contributed by atoms with E-state index in [4.69, 9.17) is 0 Å². The summed E-state index contributed by atoms with van der Waals surface area (Å²) >= 11 is 0. The van der Waals surface area contributed by atoms with Crippen LogP contribution in [0.15, 0.2) is 30.3 Å². The van der Waals surface area contributed by atoms with Crippen molar-refractivity contribution in [2.24, 2.45) is 0 Å². The third kappa shape index (κ3) is 3.16. The van der Waals surface area contributed by atoms with Gasteiger partial charge in [0.15, 0.2) is 5.82 Å². The number of halogens is 4. The molecule has 1 atom stereocenters. The van der Waals surface area contributed by atoms with Gasteiger partial charge in [-0.1, -0.05) is 12.1 Å². The number of hydrogen-bond donors (Lipinski definition) is 2. The van der Waals surface area contributed by atoms with Crippen LogP contribution >= 0.6 is 0 Å². The van der Waals surface area contributed by atoms with Gasteiger partial charge in [0.2, 0.25) is 0 Å². The molecule has 0 amide bonds. The quantitative estimate of drug-likeness (QED) is 0.844. The first-order chi connectivity index (χ1) is 9.91. The molecule has 2 N–H and O–H groups in total. The maximum absolute atomic E-state index is 13.7. The Morgan fingerprint density at radius 3 is 2.24 bits per heavy atom. The molecule has 0 saturated heterocycles. The number of aliphatic hydroxyl groups excluding tert-OH is 1. The third-order valence-corrected chi connectivity index (χ3v) is 3.09. The molecule has 0 fully saturated rings. The van der Waals surface area contributed by atoms with Gasteiger partial charge in [0, 0.05) is 6.54 Å². The molecule has 2 aromatic carbocycles. The molecule has 6 heteroatoms. The van der Waals surface area contributed by atoms with E-state index in [0.29, 0.717) is 0 Å². The molecule has 0 saturated carbocycles. The van der Waals surface area contributed by atoms with Gasteiger partial charge in [-0.15, -0.1) is 0 Å². The standard InChI is InChI=1S/C15H13F4NO/c1-8-5-6-11(18)15(14(8)19)20-7-12(21)13-9(16)3-2-4-10(13)17/h2-6,12,20-21H,7H2,1H3. The molecular weight excluding hydrogens is 286 g/mol. The molecule has 0 aliphatic heterocycles. The van der Waals surface area contributed by atoms with E-state index in [9.17, 15) is 22.7 Å². The molecule has 112 valence electrons. The Morgan fingerprint density at radius 1 is 1.00 bits per heavy atom. The fraction of sp³-hybridized carbons (Fsp3) is 0.200. The minimum Gasteiger partial charge on any atom is -0.386 e. The molecule has 0 spiro atoms. The van der Waals surface area contributed by atoms with Crippen molar-refractivity contribution in [2.45, 2.75) is 13.0 Å². The number of aliphatic hydroxyl groups is 1. The van der Waals surface area contributed by atoms with Crippen LogP contribution in [0.3, 0.4) is 0 Å². The monoisotopic (exact) mass is 299 g/mol. The lowest BCUT2D eigenvalue weighted by atomic mass is 10.1. The average Bonchev–Trinajstić information content (AvgIpc) is 2.43. The van der Waals surface area contributed by atoms with Crippen molar-refractivity contribution in [1.29, 1.82) is 0 Å². The molecule has 21 heavy (non-hydrogen) atoms. The minimum atomic E-state index is -1.58. The lowest BCUT2D eigenvalue weighted by molar-refractivity contribution is 0.181. The smallest absolute Gasteiger partial charge is 0.152 e. The van der Waals surface area contributed by atoms with Crippen LogP contribution in [-0.2, 0) is 0 Å². The van der Waals surface area contributed by atoms with E-state index in [0.717, 1.165) is 24.3 Å². The molecule has 0 aromatic heterocycles. The van der Waals surface area contributed by atoms with Gasteiger partial charge in [0.25, 0.3) is 0 Å². The van der Waals surface area contributed by atoms with E-state index in [1.165, 1.54) is 13.0 Å². The van der Waals surface area contributed by atoms with Gasteiger partial charge in [-0.05, 0) is 30.7 Å². The van der Waals surface area contributed by atoms with Crippen LogP contribution in [0.1, 0.15) is 17.2 Å². The van der Waals surface area contributed by atoms with Crippen LogP contribution < -0.4 is 5.32 Å². The van der Waals surface area contributed by atoms with E-state index in [1.807, 2.05) is 0 Å². The first-order valence-electron chi connectivity index (χ1n) is 6.22. The van der Waals surface area contributed by atoms with Crippen molar-refractivity contribution in [3.8, 4) is 0 Å². The molecule has 2 rings (SSSR count). The first-order valence-corrected chi connectivity index (χ1v) is 6.22. The minimum absolute atomic E-state index is 0.213. The SMILES string of the molecule is Cc1ccc(F)c(NCC(O)c2c(F)cccc2F)c1F. The second-order valence-electron chi connectivity index (χ2n) is 4.59. The zero-order valence-electron chi connectivity index (χ0n) is 11.1. The molecule has 2 aromatic rings. The summed E-state index contributed by atoms with van der Waals surface area (Å²) in [5, 5.41) is 12.1. The van der Waals surface area contributed by atoms with Gasteiger partial charge in [-0.2, -0.15) is 0 Å². The predicted octanol–water partition coefficient (Wildman–Crippen LogP) is 3.70. The van der Waals surface area contributed by atoms with E-state index in [2.05, 4.69) is 5.32 Å². The highest BCUT2D eigenvalue weighted by Gasteiger charge is 2.19. The number of aryl methyl sites for hydroxylation is 1. The molecule has 1 unspecified atom stereocenters. The van der Waals surface area contributed by atoms with Gasteiger partial charge >= 0.3 is 0 Å². The topological polar surface area (TPSA) is 32.3 Å². The highest BCUT2D eigenvalue weighted by molar-refractivity contribution is 5.49. The number of hydrogen-bond acceptors (Lipinski definition) is 2. The maximum atomic E-state index is 13.7. The van der Waals surface area contributed by atoms with Crippen molar-refractivity contribution in [3.63, 3.8) is 0 Å². The van der Waals surface area contributed by atoms with Crippen LogP contribution in [-0.4, -0.2) is 11.7 Å². The fourth-order valence-corrected chi connectivity index (χ4v) is 1.95. The van der Waals surface area contributed by atoms with E-state index < -0.39 is 47.2 Å². The van der Waals surface area contributed by atoms with Crippen LogP contribution in [0.4, 0.5) is 23.2 Å². The zero-order valence-corrected chi connectivity index (χ0v) is 11.1. The van der Waals surface area contributed by atoms with Crippen LogP contribution in [0, 0.1) is 30.2 Å². The van der Waals surface area contributed by atoms with Crippen molar-refractivity contribution < 1.29 is 22.7 Å². The van der Waals surface area contributed by atoms with Gasteiger partial charge in [0.05, 0.1) is 5.56 Å². The molecule has 2 nitrogen and oxygen atoms in total. The lowest BCUT2D eigenvalue weighted by Gasteiger charge is -2.16. The largest absolute Gasteiger partial charge is 0.386 e. The van der Waals surface area contributed by atoms with Crippen molar-refractivity contribution >= 4 is 5.69 Å².